The van der Waals surface area contributed by atoms with Crippen molar-refractivity contribution in [1.82, 2.24) is 14.6 Å². The molecule has 0 radical (unpaired) electrons. The molecule has 2 heterocycles. The molecule has 0 aliphatic carbocycles. The van der Waals surface area contributed by atoms with E-state index in [-0.39, 0.29) is 42.6 Å². The van der Waals surface area contributed by atoms with Crippen LogP contribution in [0.5, 0.6) is 5.88 Å². The van der Waals surface area contributed by atoms with Crippen LogP contribution in [0.2, 0.25) is 0 Å². The fourth-order valence-corrected chi connectivity index (χ4v) is 4.07. The summed E-state index contributed by atoms with van der Waals surface area (Å²) in [5.41, 5.74) is 4.20. The van der Waals surface area contributed by atoms with Crippen molar-refractivity contribution in [3.8, 4) is 5.88 Å². The van der Waals surface area contributed by atoms with Crippen LogP contribution in [-0.4, -0.2) is 77.9 Å². The number of carbonyl (C=O) groups is 2. The number of aliphatic carboxylic acids is 1. The minimum Gasteiger partial charge on any atom is -0.475 e. The Morgan fingerprint density at radius 2 is 1.94 bits per heavy atom. The Labute approximate surface area is 198 Å². The van der Waals surface area contributed by atoms with Crippen LogP contribution >= 0.6 is 0 Å². The lowest BCUT2D eigenvalue weighted by molar-refractivity contribution is -0.192. The Balaban J connectivity index is 0.000000762. The predicted octanol–water partition coefficient (Wildman–Crippen LogP) is 0.761. The van der Waals surface area contributed by atoms with E-state index >= 15 is 0 Å². The predicted molar refractivity (Wildman–Crippen MR) is 113 cm³/mol. The summed E-state index contributed by atoms with van der Waals surface area (Å²) in [5, 5.41) is 19.2. The van der Waals surface area contributed by atoms with E-state index in [0.717, 1.165) is 6.20 Å². The molecule has 1 aliphatic heterocycles. The molecule has 0 saturated carbocycles. The molecule has 0 unspecified atom stereocenters. The lowest BCUT2D eigenvalue weighted by Crippen LogP contribution is -2.46. The standard InChI is InChI=1S/C17H25FN4O5S.C2HF3O2/c1-17(2,24)21-16(23)13-5-6-22(10-13)28(25,26)14-3-4-15(20-9-14)27-11-12(7-18)8-19;3-2(4,5)1(6)7/h3-4,7,9,13,24H,5-6,8,10-11,19H2,1-2H3,(H,21,23);(H,6,7)/b12-7+;/t13-;/m0./s1. The molecule has 0 bridgehead atoms. The zero-order valence-electron chi connectivity index (χ0n) is 18.7. The molecule has 16 heteroatoms. The van der Waals surface area contributed by atoms with Gasteiger partial charge in [0.2, 0.25) is 21.8 Å². The van der Waals surface area contributed by atoms with Crippen LogP contribution in [0.15, 0.2) is 35.1 Å². The van der Waals surface area contributed by atoms with Crippen molar-refractivity contribution in [3.63, 3.8) is 0 Å². The van der Waals surface area contributed by atoms with Crippen molar-refractivity contribution in [2.24, 2.45) is 11.7 Å². The summed E-state index contributed by atoms with van der Waals surface area (Å²) in [4.78, 5) is 24.9. The first-order valence-electron chi connectivity index (χ1n) is 9.93. The van der Waals surface area contributed by atoms with Gasteiger partial charge in [-0.05, 0) is 26.3 Å². The quantitative estimate of drug-likeness (QED) is 0.280. The third-order valence-electron chi connectivity index (χ3n) is 4.36. The number of carboxylic acids is 1. The van der Waals surface area contributed by atoms with E-state index in [0.29, 0.717) is 12.8 Å². The average molecular weight is 530 g/mol. The molecule has 1 aromatic rings. The van der Waals surface area contributed by atoms with Gasteiger partial charge >= 0.3 is 12.1 Å². The maximum Gasteiger partial charge on any atom is 0.490 e. The largest absolute Gasteiger partial charge is 0.490 e. The summed E-state index contributed by atoms with van der Waals surface area (Å²) in [7, 11) is -3.82. The normalized spacial score (nSPS) is 17.4. The van der Waals surface area contributed by atoms with Gasteiger partial charge in [0.1, 0.15) is 17.2 Å². The number of carboxylic acid groups (broad SMARTS) is 1. The summed E-state index contributed by atoms with van der Waals surface area (Å²) in [5.74, 6) is -3.56. The van der Waals surface area contributed by atoms with Crippen LogP contribution in [0.3, 0.4) is 0 Å². The summed E-state index contributed by atoms with van der Waals surface area (Å²) in [6.45, 7) is 2.98. The van der Waals surface area contributed by atoms with E-state index in [1.807, 2.05) is 0 Å². The number of nitrogens with two attached hydrogens (primary N) is 1. The molecular formula is C19H26F4N4O7S. The molecular weight excluding hydrogens is 504 g/mol. The van der Waals surface area contributed by atoms with E-state index in [9.17, 15) is 35.9 Å². The topological polar surface area (TPSA) is 172 Å². The van der Waals surface area contributed by atoms with Gasteiger partial charge in [-0.15, -0.1) is 0 Å². The molecule has 11 nitrogen and oxygen atoms in total. The highest BCUT2D eigenvalue weighted by Gasteiger charge is 2.38. The third-order valence-corrected chi connectivity index (χ3v) is 6.21. The van der Waals surface area contributed by atoms with E-state index < -0.39 is 39.7 Å². The van der Waals surface area contributed by atoms with Gasteiger partial charge in [0, 0.05) is 31.3 Å². The lowest BCUT2D eigenvalue weighted by Gasteiger charge is -2.22. The summed E-state index contributed by atoms with van der Waals surface area (Å²) >= 11 is 0. The number of alkyl halides is 3. The number of hydrogen-bond donors (Lipinski definition) is 4. The minimum absolute atomic E-state index is 0.000130. The van der Waals surface area contributed by atoms with Crippen LogP contribution in [0.25, 0.3) is 0 Å². The van der Waals surface area contributed by atoms with E-state index in [1.54, 1.807) is 0 Å². The minimum atomic E-state index is -5.08. The van der Waals surface area contributed by atoms with Crippen molar-refractivity contribution in [1.29, 1.82) is 0 Å². The number of pyridine rings is 1. The Kier molecular flexibility index (Phi) is 10.6. The van der Waals surface area contributed by atoms with E-state index in [2.05, 4.69) is 10.3 Å². The van der Waals surface area contributed by atoms with Crippen LogP contribution in [0.4, 0.5) is 17.6 Å². The Morgan fingerprint density at radius 1 is 1.34 bits per heavy atom. The number of sulfonamides is 1. The van der Waals surface area contributed by atoms with Gasteiger partial charge in [0.25, 0.3) is 0 Å². The molecule has 1 amide bonds. The van der Waals surface area contributed by atoms with Crippen molar-refractivity contribution in [2.45, 2.75) is 37.1 Å². The fourth-order valence-electron chi connectivity index (χ4n) is 2.62. The van der Waals surface area contributed by atoms with Gasteiger partial charge in [0.15, 0.2) is 0 Å². The zero-order chi connectivity index (χ0) is 27.0. The highest BCUT2D eigenvalue weighted by Crippen LogP contribution is 2.25. The number of nitrogens with zero attached hydrogens (tertiary/aromatic N) is 2. The monoisotopic (exact) mass is 530 g/mol. The average Bonchev–Trinajstić information content (AvgIpc) is 3.25. The van der Waals surface area contributed by atoms with E-state index in [4.69, 9.17) is 20.4 Å². The van der Waals surface area contributed by atoms with Gasteiger partial charge in [-0.1, -0.05) is 0 Å². The Bertz CT molecular complexity index is 1010. The number of rotatable bonds is 8. The lowest BCUT2D eigenvalue weighted by atomic mass is 10.1. The summed E-state index contributed by atoms with van der Waals surface area (Å²) in [6, 6.07) is 2.71. The summed E-state index contributed by atoms with van der Waals surface area (Å²) < 4.78 is 76.2. The number of halogens is 4. The number of hydrogen-bond acceptors (Lipinski definition) is 8. The van der Waals surface area contributed by atoms with Crippen LogP contribution in [0, 0.1) is 5.92 Å². The van der Waals surface area contributed by atoms with Gasteiger partial charge in [-0.3, -0.25) is 4.79 Å². The van der Waals surface area contributed by atoms with Crippen LogP contribution in [-0.2, 0) is 19.6 Å². The first-order valence-corrected chi connectivity index (χ1v) is 11.4. The van der Waals surface area contributed by atoms with Crippen LogP contribution < -0.4 is 15.8 Å². The van der Waals surface area contributed by atoms with Gasteiger partial charge in [-0.25, -0.2) is 22.6 Å². The molecule has 35 heavy (non-hydrogen) atoms. The van der Waals surface area contributed by atoms with Gasteiger partial charge in [-0.2, -0.15) is 17.5 Å². The first kappa shape index (κ1) is 30.2. The van der Waals surface area contributed by atoms with Crippen LogP contribution in [0.1, 0.15) is 20.3 Å². The first-order chi connectivity index (χ1) is 16.0. The molecule has 1 saturated heterocycles. The smallest absolute Gasteiger partial charge is 0.475 e. The zero-order valence-corrected chi connectivity index (χ0v) is 19.6. The molecule has 0 aromatic carbocycles. The molecule has 1 aromatic heterocycles. The van der Waals surface area contributed by atoms with Crippen molar-refractivity contribution in [3.05, 3.63) is 30.2 Å². The number of carbonyl (C=O) groups excluding carboxylic acids is 1. The second kappa shape index (κ2) is 12.2. The Morgan fingerprint density at radius 3 is 2.37 bits per heavy atom. The Hall–Kier alpha value is -2.82. The number of aromatic nitrogens is 1. The van der Waals surface area contributed by atoms with Gasteiger partial charge in [0.05, 0.1) is 18.4 Å². The fraction of sp³-hybridized carbons (Fsp3) is 0.526. The number of nitrogens with one attached hydrogen (secondary N) is 1. The molecule has 1 atom stereocenters. The van der Waals surface area contributed by atoms with Crippen molar-refractivity contribution in [2.75, 3.05) is 26.2 Å². The highest BCUT2D eigenvalue weighted by molar-refractivity contribution is 7.89. The number of amides is 1. The maximum atomic E-state index is 12.7. The van der Waals surface area contributed by atoms with Crippen molar-refractivity contribution < 1.29 is 50.5 Å². The molecule has 198 valence electrons. The second-order valence-electron chi connectivity index (χ2n) is 7.79. The summed E-state index contributed by atoms with van der Waals surface area (Å²) in [6.07, 6.45) is -3.22. The number of aliphatic hydroxyl groups is 1. The molecule has 2 rings (SSSR count). The van der Waals surface area contributed by atoms with Gasteiger partial charge < -0.3 is 26.0 Å². The molecule has 1 aliphatic rings. The molecule has 5 N–H and O–H groups in total. The highest BCUT2D eigenvalue weighted by atomic mass is 32.2. The SMILES string of the molecule is CC(C)(O)NC(=O)[C@H]1CCN(S(=O)(=O)c2ccc(OC/C(=C/F)CN)nc2)C1.O=C(O)C(F)(F)F. The second-order valence-corrected chi connectivity index (χ2v) is 9.73. The third kappa shape index (κ3) is 9.75. The van der Waals surface area contributed by atoms with E-state index in [1.165, 1.54) is 30.3 Å². The maximum absolute atomic E-state index is 12.7. The number of ether oxygens (including phenoxy) is 1. The van der Waals surface area contributed by atoms with Crippen molar-refractivity contribution >= 4 is 21.9 Å². The molecule has 1 fully saturated rings. The molecule has 0 spiro atoms.